The molecular formula is C10H16N2O2S. The normalized spacial score (nSPS) is 11.9. The fourth-order valence-corrected chi connectivity index (χ4v) is 2.11. The number of aryl methyl sites for hydroxylation is 1. The summed E-state index contributed by atoms with van der Waals surface area (Å²) < 4.78 is 23.1. The predicted molar refractivity (Wildman–Crippen MR) is 61.3 cm³/mol. The number of pyridine rings is 1. The molecule has 0 atom stereocenters. The lowest BCUT2D eigenvalue weighted by Gasteiger charge is -2.08. The number of hydrogen-bond donors (Lipinski definition) is 1. The standard InChI is InChI=1S/C10H16N2O2S/c1-8(2)15(13,14)6-4-9-7-12-5-3-10(9)11/h3,5,7-8H,4,6H2,1-2H3,(H2,11,12). The van der Waals surface area contributed by atoms with Crippen LogP contribution in [0.3, 0.4) is 0 Å². The van der Waals surface area contributed by atoms with Gasteiger partial charge in [-0.15, -0.1) is 0 Å². The Hall–Kier alpha value is -1.10. The van der Waals surface area contributed by atoms with E-state index in [2.05, 4.69) is 4.98 Å². The van der Waals surface area contributed by atoms with Crippen molar-refractivity contribution in [3.05, 3.63) is 24.0 Å². The van der Waals surface area contributed by atoms with Gasteiger partial charge in [0.2, 0.25) is 0 Å². The monoisotopic (exact) mass is 228 g/mol. The molecule has 84 valence electrons. The van der Waals surface area contributed by atoms with E-state index in [0.717, 1.165) is 5.56 Å². The van der Waals surface area contributed by atoms with E-state index in [1.54, 1.807) is 32.3 Å². The van der Waals surface area contributed by atoms with Crippen molar-refractivity contribution < 1.29 is 8.42 Å². The van der Waals surface area contributed by atoms with Gasteiger partial charge in [0.05, 0.1) is 11.0 Å². The second kappa shape index (κ2) is 4.61. The highest BCUT2D eigenvalue weighted by atomic mass is 32.2. The first-order chi connectivity index (χ1) is 6.93. The molecule has 0 saturated carbocycles. The molecule has 0 radical (unpaired) electrons. The number of nitrogens with two attached hydrogens (primary N) is 1. The Balaban J connectivity index is 2.70. The van der Waals surface area contributed by atoms with E-state index < -0.39 is 9.84 Å². The molecule has 1 heterocycles. The summed E-state index contributed by atoms with van der Waals surface area (Å²) in [6, 6.07) is 1.68. The molecular weight excluding hydrogens is 212 g/mol. The highest BCUT2D eigenvalue weighted by Gasteiger charge is 2.16. The number of rotatable bonds is 4. The molecule has 2 N–H and O–H groups in total. The third-order valence-corrected chi connectivity index (χ3v) is 4.53. The zero-order valence-electron chi connectivity index (χ0n) is 8.97. The summed E-state index contributed by atoms with van der Waals surface area (Å²) in [6.45, 7) is 3.36. The van der Waals surface area contributed by atoms with Gasteiger partial charge in [0, 0.05) is 18.1 Å². The highest BCUT2D eigenvalue weighted by molar-refractivity contribution is 7.91. The van der Waals surface area contributed by atoms with E-state index in [-0.39, 0.29) is 11.0 Å². The molecule has 1 aromatic heterocycles. The van der Waals surface area contributed by atoms with E-state index in [1.165, 1.54) is 0 Å². The first-order valence-corrected chi connectivity index (χ1v) is 6.55. The zero-order chi connectivity index (χ0) is 11.5. The van der Waals surface area contributed by atoms with Gasteiger partial charge >= 0.3 is 0 Å². The Morgan fingerprint density at radius 3 is 2.67 bits per heavy atom. The summed E-state index contributed by atoms with van der Waals surface area (Å²) in [4.78, 5) is 3.92. The summed E-state index contributed by atoms with van der Waals surface area (Å²) in [5.74, 6) is 0.126. The number of hydrogen-bond acceptors (Lipinski definition) is 4. The summed E-state index contributed by atoms with van der Waals surface area (Å²) in [6.07, 6.45) is 3.64. The number of nitrogen functional groups attached to an aromatic ring is 1. The van der Waals surface area contributed by atoms with E-state index in [1.807, 2.05) is 0 Å². The highest BCUT2D eigenvalue weighted by Crippen LogP contribution is 2.11. The minimum absolute atomic E-state index is 0.126. The van der Waals surface area contributed by atoms with Gasteiger partial charge < -0.3 is 5.73 Å². The fourth-order valence-electron chi connectivity index (χ4n) is 1.13. The van der Waals surface area contributed by atoms with Crippen LogP contribution >= 0.6 is 0 Å². The number of sulfone groups is 1. The van der Waals surface area contributed by atoms with Crippen LogP contribution in [0.2, 0.25) is 0 Å². The Morgan fingerprint density at radius 1 is 1.47 bits per heavy atom. The lowest BCUT2D eigenvalue weighted by atomic mass is 10.2. The Morgan fingerprint density at radius 2 is 2.13 bits per heavy atom. The largest absolute Gasteiger partial charge is 0.398 e. The smallest absolute Gasteiger partial charge is 0.152 e. The lowest BCUT2D eigenvalue weighted by molar-refractivity contribution is 0.586. The minimum Gasteiger partial charge on any atom is -0.398 e. The van der Waals surface area contributed by atoms with E-state index in [9.17, 15) is 8.42 Å². The van der Waals surface area contributed by atoms with Crippen LogP contribution in [-0.4, -0.2) is 24.4 Å². The van der Waals surface area contributed by atoms with E-state index in [4.69, 9.17) is 5.73 Å². The Labute approximate surface area is 90.4 Å². The fraction of sp³-hybridized carbons (Fsp3) is 0.500. The maximum atomic E-state index is 11.6. The van der Waals surface area contributed by atoms with Crippen LogP contribution in [0.15, 0.2) is 18.5 Å². The molecule has 5 heteroatoms. The average molecular weight is 228 g/mol. The maximum Gasteiger partial charge on any atom is 0.152 e. The first-order valence-electron chi connectivity index (χ1n) is 4.83. The molecule has 0 aliphatic carbocycles. The van der Waals surface area contributed by atoms with Gasteiger partial charge in [-0.05, 0) is 31.9 Å². The van der Waals surface area contributed by atoms with Crippen LogP contribution in [0, 0.1) is 0 Å². The van der Waals surface area contributed by atoms with Crippen molar-refractivity contribution >= 4 is 15.5 Å². The molecule has 4 nitrogen and oxygen atoms in total. The van der Waals surface area contributed by atoms with Gasteiger partial charge in [0.25, 0.3) is 0 Å². The van der Waals surface area contributed by atoms with Crippen molar-refractivity contribution in [1.82, 2.24) is 4.98 Å². The molecule has 15 heavy (non-hydrogen) atoms. The third kappa shape index (κ3) is 3.20. The van der Waals surface area contributed by atoms with Gasteiger partial charge in [0.15, 0.2) is 9.84 Å². The van der Waals surface area contributed by atoms with Gasteiger partial charge in [0.1, 0.15) is 0 Å². The Bertz CT molecular complexity index is 427. The van der Waals surface area contributed by atoms with Crippen molar-refractivity contribution in [2.24, 2.45) is 0 Å². The SMILES string of the molecule is CC(C)S(=O)(=O)CCc1cnccc1N. The van der Waals surface area contributed by atoms with E-state index in [0.29, 0.717) is 12.1 Å². The third-order valence-electron chi connectivity index (χ3n) is 2.32. The molecule has 0 aliphatic heterocycles. The molecule has 0 aromatic carbocycles. The van der Waals surface area contributed by atoms with Crippen molar-refractivity contribution in [3.8, 4) is 0 Å². The number of aromatic nitrogens is 1. The van der Waals surface area contributed by atoms with Crippen molar-refractivity contribution in [2.75, 3.05) is 11.5 Å². The van der Waals surface area contributed by atoms with E-state index >= 15 is 0 Å². The number of anilines is 1. The summed E-state index contributed by atoms with van der Waals surface area (Å²) >= 11 is 0. The molecule has 0 aliphatic rings. The summed E-state index contributed by atoms with van der Waals surface area (Å²) in [5.41, 5.74) is 7.09. The van der Waals surface area contributed by atoms with Gasteiger partial charge in [-0.1, -0.05) is 0 Å². The summed E-state index contributed by atoms with van der Waals surface area (Å²) in [5, 5.41) is -0.338. The second-order valence-electron chi connectivity index (χ2n) is 3.74. The Kier molecular flexibility index (Phi) is 3.68. The van der Waals surface area contributed by atoms with Crippen LogP contribution in [0.1, 0.15) is 19.4 Å². The topological polar surface area (TPSA) is 73.0 Å². The predicted octanol–water partition coefficient (Wildman–Crippen LogP) is 1.03. The minimum atomic E-state index is -3.00. The lowest BCUT2D eigenvalue weighted by Crippen LogP contribution is -2.19. The molecule has 0 unspecified atom stereocenters. The molecule has 0 fully saturated rings. The molecule has 0 bridgehead atoms. The van der Waals surface area contributed by atoms with Gasteiger partial charge in [-0.2, -0.15) is 0 Å². The molecule has 0 saturated heterocycles. The second-order valence-corrected chi connectivity index (χ2v) is 6.42. The van der Waals surface area contributed by atoms with Gasteiger partial charge in [-0.3, -0.25) is 4.98 Å². The molecule has 1 aromatic rings. The summed E-state index contributed by atoms with van der Waals surface area (Å²) in [7, 11) is -3.00. The average Bonchev–Trinajstić information content (AvgIpc) is 2.16. The molecule has 0 amide bonds. The van der Waals surface area contributed by atoms with Crippen molar-refractivity contribution in [3.63, 3.8) is 0 Å². The molecule has 0 spiro atoms. The van der Waals surface area contributed by atoms with Crippen molar-refractivity contribution in [1.29, 1.82) is 0 Å². The van der Waals surface area contributed by atoms with Crippen LogP contribution in [0.5, 0.6) is 0 Å². The van der Waals surface area contributed by atoms with Crippen LogP contribution < -0.4 is 5.73 Å². The maximum absolute atomic E-state index is 11.6. The van der Waals surface area contributed by atoms with Crippen LogP contribution in [-0.2, 0) is 16.3 Å². The van der Waals surface area contributed by atoms with Crippen LogP contribution in [0.25, 0.3) is 0 Å². The van der Waals surface area contributed by atoms with Gasteiger partial charge in [-0.25, -0.2) is 8.42 Å². The van der Waals surface area contributed by atoms with Crippen LogP contribution in [0.4, 0.5) is 5.69 Å². The first kappa shape index (κ1) is 12.0. The van der Waals surface area contributed by atoms with Crippen molar-refractivity contribution in [2.45, 2.75) is 25.5 Å². The quantitative estimate of drug-likeness (QED) is 0.835. The number of nitrogens with zero attached hydrogens (tertiary/aromatic N) is 1. The zero-order valence-corrected chi connectivity index (χ0v) is 9.79. The molecule has 1 rings (SSSR count).